The van der Waals surface area contributed by atoms with Crippen LogP contribution in [0.4, 0.5) is 8.78 Å². The molecule has 28 heavy (non-hydrogen) atoms. The third-order valence-corrected chi connectivity index (χ3v) is 10.6. The summed E-state index contributed by atoms with van der Waals surface area (Å²) >= 11 is 0. The first-order chi connectivity index (χ1) is 13.6. The van der Waals surface area contributed by atoms with Crippen LogP contribution in [0.5, 0.6) is 11.5 Å². The van der Waals surface area contributed by atoms with Crippen LogP contribution >= 0.6 is 0 Å². The van der Waals surface area contributed by atoms with Gasteiger partial charge in [0, 0.05) is 8.80 Å². The minimum absolute atomic E-state index is 0.00211. The molecule has 1 aliphatic heterocycles. The molecule has 0 radical (unpaired) electrons. The van der Waals surface area contributed by atoms with Crippen molar-refractivity contribution >= 4 is 8.80 Å². The Kier molecular flexibility index (Phi) is 8.19. The van der Waals surface area contributed by atoms with Crippen molar-refractivity contribution < 1.29 is 18.3 Å². The standard InChI is InChI=1S/C23H36F2O2Si/c1-3-13-28-14-11-19(12-15-28)18-7-5-17(6-8-18)16-27-21-10-9-20(26-4-2)22(24)23(21)25/h9-10,17-19,28H,3-8,11-16H2,1-2H3/t17-,18-,19-,28-. The van der Waals surface area contributed by atoms with E-state index in [4.69, 9.17) is 9.47 Å². The molecule has 0 bridgehead atoms. The summed E-state index contributed by atoms with van der Waals surface area (Å²) in [7, 11) is -0.390. The highest BCUT2D eigenvalue weighted by molar-refractivity contribution is 6.58. The number of rotatable bonds is 8. The lowest BCUT2D eigenvalue weighted by Crippen LogP contribution is -2.29. The largest absolute Gasteiger partial charge is 0.491 e. The van der Waals surface area contributed by atoms with Crippen LogP contribution in [0, 0.1) is 29.4 Å². The molecule has 3 rings (SSSR count). The van der Waals surface area contributed by atoms with E-state index >= 15 is 0 Å². The van der Waals surface area contributed by atoms with E-state index in [0.717, 1.165) is 24.7 Å². The van der Waals surface area contributed by atoms with Gasteiger partial charge in [-0.25, -0.2) is 0 Å². The lowest BCUT2D eigenvalue weighted by atomic mass is 9.74. The summed E-state index contributed by atoms with van der Waals surface area (Å²) < 4.78 is 38.9. The van der Waals surface area contributed by atoms with Crippen molar-refractivity contribution in [3.63, 3.8) is 0 Å². The first-order valence-electron chi connectivity index (χ1n) is 11.4. The molecule has 1 saturated heterocycles. The van der Waals surface area contributed by atoms with Crippen LogP contribution in [0.15, 0.2) is 12.1 Å². The Morgan fingerprint density at radius 1 is 0.857 bits per heavy atom. The van der Waals surface area contributed by atoms with E-state index < -0.39 is 20.4 Å². The molecule has 1 aromatic carbocycles. The smallest absolute Gasteiger partial charge is 0.204 e. The van der Waals surface area contributed by atoms with Gasteiger partial charge in [-0.2, -0.15) is 8.78 Å². The summed E-state index contributed by atoms with van der Waals surface area (Å²) in [5.41, 5.74) is 0. The van der Waals surface area contributed by atoms with Crippen molar-refractivity contribution in [3.05, 3.63) is 23.8 Å². The van der Waals surface area contributed by atoms with E-state index in [1.54, 1.807) is 25.1 Å². The number of halogens is 2. The van der Waals surface area contributed by atoms with Gasteiger partial charge in [-0.05, 0) is 62.5 Å². The van der Waals surface area contributed by atoms with Crippen LogP contribution in [-0.4, -0.2) is 22.0 Å². The molecule has 5 heteroatoms. The predicted octanol–water partition coefficient (Wildman–Crippen LogP) is 6.60. The average molecular weight is 411 g/mol. The predicted molar refractivity (Wildman–Crippen MR) is 113 cm³/mol. The fourth-order valence-corrected chi connectivity index (χ4v) is 8.76. The van der Waals surface area contributed by atoms with Gasteiger partial charge < -0.3 is 9.47 Å². The second-order valence-electron chi connectivity index (χ2n) is 8.78. The van der Waals surface area contributed by atoms with Crippen LogP contribution in [0.2, 0.25) is 18.1 Å². The van der Waals surface area contributed by atoms with Gasteiger partial charge in [0.1, 0.15) is 0 Å². The fourth-order valence-electron chi connectivity index (χ4n) is 5.28. The Balaban J connectivity index is 1.42. The van der Waals surface area contributed by atoms with Gasteiger partial charge in [0.05, 0.1) is 13.2 Å². The molecular weight excluding hydrogens is 374 g/mol. The van der Waals surface area contributed by atoms with Crippen molar-refractivity contribution in [2.24, 2.45) is 17.8 Å². The highest BCUT2D eigenvalue weighted by Gasteiger charge is 2.31. The molecule has 0 aromatic heterocycles. The van der Waals surface area contributed by atoms with E-state index in [2.05, 4.69) is 6.92 Å². The lowest BCUT2D eigenvalue weighted by Gasteiger charge is -2.37. The minimum Gasteiger partial charge on any atom is -0.491 e. The second-order valence-corrected chi connectivity index (χ2v) is 12.2. The first kappa shape index (κ1) is 21.6. The summed E-state index contributed by atoms with van der Waals surface area (Å²) in [6.07, 6.45) is 9.18. The fraction of sp³-hybridized carbons (Fsp3) is 0.739. The summed E-state index contributed by atoms with van der Waals surface area (Å²) in [5, 5.41) is 0. The van der Waals surface area contributed by atoms with Gasteiger partial charge in [0.2, 0.25) is 11.6 Å². The molecule has 158 valence electrons. The normalized spacial score (nSPS) is 28.1. The Hall–Kier alpha value is -1.10. The van der Waals surface area contributed by atoms with Gasteiger partial charge in [-0.15, -0.1) is 0 Å². The summed E-state index contributed by atoms with van der Waals surface area (Å²) in [6.45, 7) is 4.86. The Morgan fingerprint density at radius 2 is 1.43 bits per heavy atom. The quantitative estimate of drug-likeness (QED) is 0.450. The monoisotopic (exact) mass is 410 g/mol. The number of hydrogen-bond donors (Lipinski definition) is 0. The molecule has 1 heterocycles. The van der Waals surface area contributed by atoms with Crippen molar-refractivity contribution in [2.45, 2.75) is 76.9 Å². The maximum atomic E-state index is 14.2. The zero-order chi connectivity index (χ0) is 19.9. The van der Waals surface area contributed by atoms with Crippen LogP contribution in [0.3, 0.4) is 0 Å². The maximum absolute atomic E-state index is 14.2. The molecule has 0 amide bonds. The summed E-state index contributed by atoms with van der Waals surface area (Å²) in [5.74, 6) is 0.341. The minimum atomic E-state index is -0.953. The molecule has 0 N–H and O–H groups in total. The molecule has 2 aliphatic rings. The lowest BCUT2D eigenvalue weighted by molar-refractivity contribution is 0.145. The zero-order valence-corrected chi connectivity index (χ0v) is 18.7. The van der Waals surface area contributed by atoms with Gasteiger partial charge >= 0.3 is 0 Å². The van der Waals surface area contributed by atoms with Gasteiger partial charge in [0.25, 0.3) is 0 Å². The molecule has 1 saturated carbocycles. The molecule has 1 aliphatic carbocycles. The van der Waals surface area contributed by atoms with E-state index in [9.17, 15) is 8.78 Å². The average Bonchev–Trinajstić information content (AvgIpc) is 2.72. The van der Waals surface area contributed by atoms with Crippen molar-refractivity contribution in [1.29, 1.82) is 0 Å². The van der Waals surface area contributed by atoms with Crippen molar-refractivity contribution in [3.8, 4) is 11.5 Å². The third-order valence-electron chi connectivity index (χ3n) is 6.93. The maximum Gasteiger partial charge on any atom is 0.204 e. The summed E-state index contributed by atoms with van der Waals surface area (Å²) in [6, 6.07) is 7.59. The van der Waals surface area contributed by atoms with E-state index in [0.29, 0.717) is 19.1 Å². The molecule has 0 unspecified atom stereocenters. The van der Waals surface area contributed by atoms with Gasteiger partial charge in [-0.3, -0.25) is 0 Å². The van der Waals surface area contributed by atoms with Crippen LogP contribution in [0.25, 0.3) is 0 Å². The molecule has 0 spiro atoms. The highest BCUT2D eigenvalue weighted by Crippen LogP contribution is 2.41. The third kappa shape index (κ3) is 5.49. The molecule has 0 atom stereocenters. The second kappa shape index (κ2) is 10.6. The zero-order valence-electron chi connectivity index (χ0n) is 17.5. The number of hydrogen-bond acceptors (Lipinski definition) is 2. The van der Waals surface area contributed by atoms with Gasteiger partial charge in [-0.1, -0.05) is 44.3 Å². The summed E-state index contributed by atoms with van der Waals surface area (Å²) in [4.78, 5) is 0. The van der Waals surface area contributed by atoms with Crippen LogP contribution < -0.4 is 9.47 Å². The Morgan fingerprint density at radius 3 is 2.00 bits per heavy atom. The molecule has 1 aromatic rings. The van der Waals surface area contributed by atoms with Gasteiger partial charge in [0.15, 0.2) is 11.5 Å². The topological polar surface area (TPSA) is 18.5 Å². The molecular formula is C23H36F2O2Si. The number of ether oxygens (including phenoxy) is 2. The molecule has 2 nitrogen and oxygen atoms in total. The first-order valence-corrected chi connectivity index (χ1v) is 13.8. The van der Waals surface area contributed by atoms with Crippen LogP contribution in [0.1, 0.15) is 58.8 Å². The van der Waals surface area contributed by atoms with E-state index in [-0.39, 0.29) is 11.5 Å². The number of benzene rings is 1. The Bertz CT molecular complexity index is 609. The van der Waals surface area contributed by atoms with Crippen molar-refractivity contribution in [2.75, 3.05) is 13.2 Å². The van der Waals surface area contributed by atoms with Crippen LogP contribution in [-0.2, 0) is 0 Å². The van der Waals surface area contributed by atoms with E-state index in [1.165, 1.54) is 44.2 Å². The molecule has 2 fully saturated rings. The van der Waals surface area contributed by atoms with Crippen molar-refractivity contribution in [1.82, 2.24) is 0 Å². The SMILES string of the molecule is CCC[Si@H]1CC[C@H]([C@H]2CC[C@H](COc3ccc(OCC)c(F)c3F)CC2)CC1. The Labute approximate surface area is 170 Å². The van der Waals surface area contributed by atoms with E-state index in [1.807, 2.05) is 0 Å². The highest BCUT2D eigenvalue weighted by atomic mass is 28.3.